The number of aromatic amines is 1. The van der Waals surface area contributed by atoms with Gasteiger partial charge in [0, 0.05) is 23.6 Å². The molecule has 2 aromatic rings. The number of hydrogen-bond acceptors (Lipinski definition) is 1. The van der Waals surface area contributed by atoms with E-state index in [1.54, 1.807) is 19.2 Å². The Kier molecular flexibility index (Phi) is 2.91. The molecule has 0 saturated carbocycles. The van der Waals surface area contributed by atoms with Crippen molar-refractivity contribution in [3.8, 4) is 0 Å². The number of halogens is 2. The van der Waals surface area contributed by atoms with Crippen molar-refractivity contribution >= 4 is 11.6 Å². The maximum Gasteiger partial charge on any atom is 0.257 e. The van der Waals surface area contributed by atoms with Crippen LogP contribution >= 0.6 is 0 Å². The van der Waals surface area contributed by atoms with Crippen LogP contribution in [0.1, 0.15) is 16.1 Å². The number of aromatic nitrogens is 1. The summed E-state index contributed by atoms with van der Waals surface area (Å²) in [5.41, 5.74) is 1.40. The molecule has 1 aromatic heterocycles. The fraction of sp³-hybridized carbons (Fsp3) is 0.0833. The molecule has 17 heavy (non-hydrogen) atoms. The second-order valence-electron chi connectivity index (χ2n) is 3.60. The van der Waals surface area contributed by atoms with Crippen LogP contribution in [0.3, 0.4) is 0 Å². The molecule has 0 fully saturated rings. The number of hydrogen-bond donors (Lipinski definition) is 2. The van der Waals surface area contributed by atoms with Gasteiger partial charge in [-0.2, -0.15) is 0 Å². The van der Waals surface area contributed by atoms with E-state index in [0.717, 1.165) is 12.1 Å². The van der Waals surface area contributed by atoms with Crippen LogP contribution in [0, 0.1) is 18.6 Å². The van der Waals surface area contributed by atoms with Crippen LogP contribution in [-0.4, -0.2) is 10.9 Å². The minimum Gasteiger partial charge on any atom is -0.365 e. The average molecular weight is 236 g/mol. The lowest BCUT2D eigenvalue weighted by Gasteiger charge is -2.05. The van der Waals surface area contributed by atoms with Gasteiger partial charge in [0.1, 0.15) is 0 Å². The molecular formula is C12H10F2N2O. The van der Waals surface area contributed by atoms with Crippen molar-refractivity contribution in [2.45, 2.75) is 6.92 Å². The van der Waals surface area contributed by atoms with Gasteiger partial charge in [-0.05, 0) is 25.1 Å². The Morgan fingerprint density at radius 2 is 2.00 bits per heavy atom. The highest BCUT2D eigenvalue weighted by Crippen LogP contribution is 2.15. The van der Waals surface area contributed by atoms with Crippen molar-refractivity contribution in [3.63, 3.8) is 0 Å². The summed E-state index contributed by atoms with van der Waals surface area (Å²) < 4.78 is 25.6. The number of rotatable bonds is 2. The number of amides is 1. The molecular weight excluding hydrogens is 226 g/mol. The number of H-pyrrole nitrogens is 1. The van der Waals surface area contributed by atoms with Crippen molar-refractivity contribution in [2.75, 3.05) is 5.32 Å². The summed E-state index contributed by atoms with van der Waals surface area (Å²) in [6.45, 7) is 1.75. The first-order valence-electron chi connectivity index (χ1n) is 4.98. The highest BCUT2D eigenvalue weighted by atomic mass is 19.2. The van der Waals surface area contributed by atoms with Gasteiger partial charge in [-0.1, -0.05) is 0 Å². The molecule has 0 spiro atoms. The number of aryl methyl sites for hydroxylation is 1. The molecule has 1 heterocycles. The Bertz CT molecular complexity index is 563. The van der Waals surface area contributed by atoms with E-state index < -0.39 is 11.6 Å². The van der Waals surface area contributed by atoms with Crippen LogP contribution in [0.5, 0.6) is 0 Å². The smallest absolute Gasteiger partial charge is 0.257 e. The standard InChI is InChI=1S/C12H10F2N2O/c1-7-9(4-5-15-7)12(17)16-8-2-3-10(13)11(14)6-8/h2-6,15H,1H3,(H,16,17). The molecule has 1 amide bonds. The lowest BCUT2D eigenvalue weighted by molar-refractivity contribution is 0.102. The molecule has 0 unspecified atom stereocenters. The van der Waals surface area contributed by atoms with Crippen molar-refractivity contribution in [1.29, 1.82) is 0 Å². The molecule has 0 aliphatic rings. The zero-order chi connectivity index (χ0) is 12.4. The highest BCUT2D eigenvalue weighted by Gasteiger charge is 2.11. The van der Waals surface area contributed by atoms with Gasteiger partial charge < -0.3 is 10.3 Å². The minimum atomic E-state index is -0.992. The molecule has 5 heteroatoms. The lowest BCUT2D eigenvalue weighted by Crippen LogP contribution is -2.12. The number of carbonyl (C=O) groups excluding carboxylic acids is 1. The molecule has 88 valence electrons. The van der Waals surface area contributed by atoms with E-state index in [4.69, 9.17) is 0 Å². The third kappa shape index (κ3) is 2.33. The molecule has 0 aliphatic carbocycles. The summed E-state index contributed by atoms with van der Waals surface area (Å²) in [4.78, 5) is 14.6. The van der Waals surface area contributed by atoms with Crippen LogP contribution in [0.25, 0.3) is 0 Å². The van der Waals surface area contributed by atoms with E-state index in [1.165, 1.54) is 6.07 Å². The van der Waals surface area contributed by atoms with Crippen LogP contribution in [-0.2, 0) is 0 Å². The van der Waals surface area contributed by atoms with Gasteiger partial charge in [0.15, 0.2) is 11.6 Å². The van der Waals surface area contributed by atoms with Gasteiger partial charge in [-0.3, -0.25) is 4.79 Å². The summed E-state index contributed by atoms with van der Waals surface area (Å²) in [5.74, 6) is -2.30. The summed E-state index contributed by atoms with van der Waals surface area (Å²) in [7, 11) is 0. The minimum absolute atomic E-state index is 0.217. The summed E-state index contributed by atoms with van der Waals surface area (Å²) in [5, 5.41) is 2.49. The zero-order valence-electron chi connectivity index (χ0n) is 9.05. The van der Waals surface area contributed by atoms with E-state index in [9.17, 15) is 13.6 Å². The molecule has 0 radical (unpaired) electrons. The van der Waals surface area contributed by atoms with Crippen molar-refractivity contribution in [2.24, 2.45) is 0 Å². The lowest BCUT2D eigenvalue weighted by atomic mass is 10.2. The van der Waals surface area contributed by atoms with Crippen molar-refractivity contribution < 1.29 is 13.6 Å². The summed E-state index contributed by atoms with van der Waals surface area (Å²) in [6, 6.07) is 4.83. The van der Waals surface area contributed by atoms with Gasteiger partial charge >= 0.3 is 0 Å². The normalized spacial score (nSPS) is 10.3. The quantitative estimate of drug-likeness (QED) is 0.827. The Morgan fingerprint density at radius 3 is 2.59 bits per heavy atom. The molecule has 2 N–H and O–H groups in total. The number of carbonyl (C=O) groups is 1. The zero-order valence-corrected chi connectivity index (χ0v) is 9.05. The SMILES string of the molecule is Cc1[nH]ccc1C(=O)Nc1ccc(F)c(F)c1. The van der Waals surface area contributed by atoms with Crippen molar-refractivity contribution in [3.05, 3.63) is 53.4 Å². The first-order chi connectivity index (χ1) is 8.08. The van der Waals surface area contributed by atoms with Gasteiger partial charge in [-0.25, -0.2) is 8.78 Å². The Hall–Kier alpha value is -2.17. The highest BCUT2D eigenvalue weighted by molar-refractivity contribution is 6.05. The maximum atomic E-state index is 12.9. The van der Waals surface area contributed by atoms with E-state index in [-0.39, 0.29) is 11.6 Å². The Morgan fingerprint density at radius 1 is 1.24 bits per heavy atom. The van der Waals surface area contributed by atoms with E-state index >= 15 is 0 Å². The summed E-state index contributed by atoms with van der Waals surface area (Å²) in [6.07, 6.45) is 1.63. The second kappa shape index (κ2) is 4.37. The maximum absolute atomic E-state index is 12.9. The Labute approximate surface area is 96.5 Å². The number of anilines is 1. The molecule has 0 atom stereocenters. The van der Waals surface area contributed by atoms with Gasteiger partial charge in [0.05, 0.1) is 5.56 Å². The first kappa shape index (κ1) is 11.3. The first-order valence-corrected chi connectivity index (χ1v) is 4.98. The van der Waals surface area contributed by atoms with Crippen LogP contribution in [0.15, 0.2) is 30.5 Å². The van der Waals surface area contributed by atoms with E-state index in [1.807, 2.05) is 0 Å². The molecule has 3 nitrogen and oxygen atoms in total. The van der Waals surface area contributed by atoms with Crippen LogP contribution in [0.4, 0.5) is 14.5 Å². The van der Waals surface area contributed by atoms with Crippen LogP contribution in [0.2, 0.25) is 0 Å². The predicted molar refractivity (Wildman–Crippen MR) is 59.8 cm³/mol. The third-order valence-corrected chi connectivity index (χ3v) is 2.38. The van der Waals surface area contributed by atoms with Crippen molar-refractivity contribution in [1.82, 2.24) is 4.98 Å². The monoisotopic (exact) mass is 236 g/mol. The Balaban J connectivity index is 2.19. The second-order valence-corrected chi connectivity index (χ2v) is 3.60. The molecule has 0 saturated heterocycles. The molecule has 0 aliphatic heterocycles. The number of nitrogens with one attached hydrogen (secondary N) is 2. The number of benzene rings is 1. The van der Waals surface area contributed by atoms with Crippen LogP contribution < -0.4 is 5.32 Å². The van der Waals surface area contributed by atoms with Gasteiger partial charge in [0.2, 0.25) is 0 Å². The molecule has 2 rings (SSSR count). The van der Waals surface area contributed by atoms with E-state index in [2.05, 4.69) is 10.3 Å². The summed E-state index contributed by atoms with van der Waals surface area (Å²) >= 11 is 0. The largest absolute Gasteiger partial charge is 0.365 e. The van der Waals surface area contributed by atoms with E-state index in [0.29, 0.717) is 11.3 Å². The fourth-order valence-corrected chi connectivity index (χ4v) is 1.47. The van der Waals surface area contributed by atoms with Gasteiger partial charge in [-0.15, -0.1) is 0 Å². The van der Waals surface area contributed by atoms with Gasteiger partial charge in [0.25, 0.3) is 5.91 Å². The fourth-order valence-electron chi connectivity index (χ4n) is 1.47. The molecule has 0 bridgehead atoms. The topological polar surface area (TPSA) is 44.9 Å². The third-order valence-electron chi connectivity index (χ3n) is 2.38. The average Bonchev–Trinajstić information content (AvgIpc) is 2.70. The predicted octanol–water partition coefficient (Wildman–Crippen LogP) is 2.85. The molecule has 1 aromatic carbocycles.